The van der Waals surface area contributed by atoms with Crippen LogP contribution in [0.2, 0.25) is 0 Å². The summed E-state index contributed by atoms with van der Waals surface area (Å²) >= 11 is 0. The van der Waals surface area contributed by atoms with Gasteiger partial charge in [0.25, 0.3) is 0 Å². The molecule has 0 amide bonds. The highest BCUT2D eigenvalue weighted by Gasteiger charge is 2.56. The topological polar surface area (TPSA) is 38.1 Å². The molecule has 1 unspecified atom stereocenters. The second-order valence-electron chi connectivity index (χ2n) is 6.52. The molecule has 0 bridgehead atoms. The second kappa shape index (κ2) is 6.66. The number of nitrogens with zero attached hydrogens (tertiary/aromatic N) is 2. The molecule has 3 aromatic carbocycles. The summed E-state index contributed by atoms with van der Waals surface area (Å²) in [4.78, 5) is 0. The highest BCUT2D eigenvalue weighted by molar-refractivity contribution is 5.81. The monoisotopic (exact) mass is 404 g/mol. The van der Waals surface area contributed by atoms with Crippen molar-refractivity contribution in [1.82, 2.24) is 9.78 Å². The first-order valence-corrected chi connectivity index (χ1v) is 8.49. The summed E-state index contributed by atoms with van der Waals surface area (Å²) in [5, 5.41) is 15.1. The van der Waals surface area contributed by atoms with Crippen LogP contribution in [0.15, 0.2) is 72.9 Å². The molecular weight excluding hydrogens is 391 g/mol. The Hall–Kier alpha value is -3.26. The van der Waals surface area contributed by atoms with E-state index in [0.717, 1.165) is 30.3 Å². The van der Waals surface area contributed by atoms with Gasteiger partial charge in [0.2, 0.25) is 5.60 Å². The Balaban J connectivity index is 1.87. The van der Waals surface area contributed by atoms with Gasteiger partial charge in [-0.25, -0.2) is 13.5 Å². The van der Waals surface area contributed by atoms with Crippen LogP contribution in [0, 0.1) is 11.6 Å². The Labute approximate surface area is 161 Å². The first kappa shape index (κ1) is 19.1. The van der Waals surface area contributed by atoms with Crippen molar-refractivity contribution in [1.29, 1.82) is 0 Å². The number of fused-ring (bicyclic) bond motifs is 1. The molecular formula is C21H13F5N2O. The molecule has 8 heteroatoms. The predicted molar refractivity (Wildman–Crippen MR) is 96.5 cm³/mol. The second-order valence-corrected chi connectivity index (χ2v) is 6.52. The molecule has 0 spiro atoms. The molecule has 1 aromatic heterocycles. The average Bonchev–Trinajstić information content (AvgIpc) is 3.10. The first-order chi connectivity index (χ1) is 13.7. The van der Waals surface area contributed by atoms with E-state index >= 15 is 0 Å². The molecule has 0 aliphatic heterocycles. The number of rotatable bonds is 3. The lowest BCUT2D eigenvalue weighted by Crippen LogP contribution is -2.43. The fourth-order valence-corrected chi connectivity index (χ4v) is 3.25. The van der Waals surface area contributed by atoms with Crippen LogP contribution in [-0.2, 0) is 5.60 Å². The van der Waals surface area contributed by atoms with Crippen molar-refractivity contribution in [3.63, 3.8) is 0 Å². The van der Waals surface area contributed by atoms with Gasteiger partial charge in [-0.1, -0.05) is 18.2 Å². The number of aliphatic hydroxyl groups is 1. The standard InChI is InChI=1S/C21H13F5N2O/c22-16-5-7-18(8-6-16)28-19-9-4-15(10-13(19)12-27-28)20(29,21(24,25)26)14-2-1-3-17(23)11-14/h1-12,29H. The SMILES string of the molecule is OC(c1cccc(F)c1)(c1ccc2c(cnn2-c2ccc(F)cc2)c1)C(F)(F)F. The lowest BCUT2D eigenvalue weighted by Gasteiger charge is -2.31. The minimum atomic E-state index is -5.10. The van der Waals surface area contributed by atoms with E-state index in [2.05, 4.69) is 5.10 Å². The smallest absolute Gasteiger partial charge is 0.372 e. The first-order valence-electron chi connectivity index (χ1n) is 8.49. The maximum Gasteiger partial charge on any atom is 0.425 e. The Morgan fingerprint density at radius 1 is 0.793 bits per heavy atom. The Bertz CT molecular complexity index is 1180. The van der Waals surface area contributed by atoms with Gasteiger partial charge in [-0.15, -0.1) is 0 Å². The van der Waals surface area contributed by atoms with Gasteiger partial charge in [0.1, 0.15) is 11.6 Å². The molecule has 4 rings (SSSR count). The van der Waals surface area contributed by atoms with Crippen LogP contribution in [0.4, 0.5) is 22.0 Å². The molecule has 0 aliphatic carbocycles. The quantitative estimate of drug-likeness (QED) is 0.483. The molecule has 0 fully saturated rings. The van der Waals surface area contributed by atoms with Crippen LogP contribution >= 0.6 is 0 Å². The molecule has 1 atom stereocenters. The lowest BCUT2D eigenvalue weighted by molar-refractivity contribution is -0.248. The highest BCUT2D eigenvalue weighted by atomic mass is 19.4. The van der Waals surface area contributed by atoms with Gasteiger partial charge in [0.05, 0.1) is 17.4 Å². The molecule has 3 nitrogen and oxygen atoms in total. The summed E-state index contributed by atoms with van der Waals surface area (Å²) in [7, 11) is 0. The maximum atomic E-state index is 13.9. The lowest BCUT2D eigenvalue weighted by atomic mass is 9.85. The Morgan fingerprint density at radius 2 is 1.48 bits per heavy atom. The summed E-state index contributed by atoms with van der Waals surface area (Å²) < 4.78 is 69.8. The van der Waals surface area contributed by atoms with Gasteiger partial charge in [0.15, 0.2) is 0 Å². The van der Waals surface area contributed by atoms with Crippen molar-refractivity contribution in [2.75, 3.05) is 0 Å². The third-order valence-electron chi connectivity index (χ3n) is 4.71. The van der Waals surface area contributed by atoms with Gasteiger partial charge >= 0.3 is 6.18 Å². The third-order valence-corrected chi connectivity index (χ3v) is 4.71. The number of alkyl halides is 3. The minimum absolute atomic E-state index is 0.325. The van der Waals surface area contributed by atoms with Crippen molar-refractivity contribution < 1.29 is 27.1 Å². The van der Waals surface area contributed by atoms with E-state index in [0.29, 0.717) is 22.7 Å². The van der Waals surface area contributed by atoms with Gasteiger partial charge in [0, 0.05) is 10.9 Å². The van der Waals surface area contributed by atoms with E-state index in [1.165, 1.54) is 41.2 Å². The van der Waals surface area contributed by atoms with Crippen LogP contribution in [-0.4, -0.2) is 21.1 Å². The van der Waals surface area contributed by atoms with Crippen molar-refractivity contribution in [3.8, 4) is 5.69 Å². The number of halogens is 5. The number of hydrogen-bond donors (Lipinski definition) is 1. The molecule has 0 aliphatic rings. The summed E-state index contributed by atoms with van der Waals surface area (Å²) in [5.74, 6) is -1.33. The molecule has 1 N–H and O–H groups in total. The minimum Gasteiger partial charge on any atom is -0.372 e. The fourth-order valence-electron chi connectivity index (χ4n) is 3.25. The molecule has 29 heavy (non-hydrogen) atoms. The molecule has 4 aromatic rings. The van der Waals surface area contributed by atoms with Crippen molar-refractivity contribution in [2.24, 2.45) is 0 Å². The molecule has 0 saturated heterocycles. The highest BCUT2D eigenvalue weighted by Crippen LogP contribution is 2.45. The van der Waals surface area contributed by atoms with Crippen LogP contribution in [0.5, 0.6) is 0 Å². The van der Waals surface area contributed by atoms with E-state index in [-0.39, 0.29) is 0 Å². The van der Waals surface area contributed by atoms with E-state index in [1.807, 2.05) is 0 Å². The number of aromatic nitrogens is 2. The zero-order chi connectivity index (χ0) is 20.8. The van der Waals surface area contributed by atoms with E-state index in [4.69, 9.17) is 0 Å². The van der Waals surface area contributed by atoms with Crippen LogP contribution in [0.3, 0.4) is 0 Å². The zero-order valence-electron chi connectivity index (χ0n) is 14.7. The van der Waals surface area contributed by atoms with Gasteiger partial charge in [-0.3, -0.25) is 0 Å². The van der Waals surface area contributed by atoms with E-state index in [1.54, 1.807) is 0 Å². The van der Waals surface area contributed by atoms with Crippen LogP contribution in [0.25, 0.3) is 16.6 Å². The number of hydrogen-bond acceptors (Lipinski definition) is 2. The van der Waals surface area contributed by atoms with Crippen molar-refractivity contribution >= 4 is 10.9 Å². The molecule has 148 valence electrons. The van der Waals surface area contributed by atoms with Crippen molar-refractivity contribution in [2.45, 2.75) is 11.8 Å². The molecule has 0 saturated carbocycles. The average molecular weight is 404 g/mol. The van der Waals surface area contributed by atoms with Crippen LogP contribution in [0.1, 0.15) is 11.1 Å². The van der Waals surface area contributed by atoms with E-state index < -0.39 is 34.5 Å². The van der Waals surface area contributed by atoms with Gasteiger partial charge < -0.3 is 5.11 Å². The summed E-state index contributed by atoms with van der Waals surface area (Å²) in [6, 6.07) is 12.8. The Morgan fingerprint density at radius 3 is 2.14 bits per heavy atom. The van der Waals surface area contributed by atoms with Crippen molar-refractivity contribution in [3.05, 3.63) is 95.7 Å². The zero-order valence-corrected chi connectivity index (χ0v) is 14.7. The maximum absolute atomic E-state index is 13.9. The van der Waals surface area contributed by atoms with E-state index in [9.17, 15) is 27.1 Å². The summed E-state index contributed by atoms with van der Waals surface area (Å²) in [6.45, 7) is 0. The normalized spacial score (nSPS) is 14.1. The summed E-state index contributed by atoms with van der Waals surface area (Å²) in [5.41, 5.74) is -3.52. The molecule has 1 heterocycles. The van der Waals surface area contributed by atoms with Crippen LogP contribution < -0.4 is 0 Å². The van der Waals surface area contributed by atoms with Gasteiger partial charge in [-0.2, -0.15) is 18.3 Å². The third kappa shape index (κ3) is 3.15. The predicted octanol–water partition coefficient (Wildman–Crippen LogP) is 5.10. The summed E-state index contributed by atoms with van der Waals surface area (Å²) in [6.07, 6.45) is -3.76. The number of benzene rings is 3. The Kier molecular flexibility index (Phi) is 4.38. The molecule has 0 radical (unpaired) electrons. The largest absolute Gasteiger partial charge is 0.425 e. The fraction of sp³-hybridized carbons (Fsp3) is 0.0952. The van der Waals surface area contributed by atoms with Gasteiger partial charge in [-0.05, 0) is 54.1 Å².